The second kappa shape index (κ2) is 9.74. The fourth-order valence-corrected chi connectivity index (χ4v) is 5.30. The number of hydrogen-bond acceptors (Lipinski definition) is 7. The third-order valence-electron chi connectivity index (χ3n) is 5.40. The van der Waals surface area contributed by atoms with Crippen LogP contribution in [0.15, 0.2) is 53.4 Å². The summed E-state index contributed by atoms with van der Waals surface area (Å²) < 4.78 is 35.3. The number of nitrogens with one attached hydrogen (secondary N) is 1. The topological polar surface area (TPSA) is 119 Å². The normalized spacial score (nSPS) is 11.9. The first-order valence-electron chi connectivity index (χ1n) is 11.0. The number of carbonyl (C=O) groups excluding carboxylic acids is 1. The van der Waals surface area contributed by atoms with Gasteiger partial charge in [-0.25, -0.2) is 8.42 Å². The summed E-state index contributed by atoms with van der Waals surface area (Å²) in [6, 6.07) is 14.4. The van der Waals surface area contributed by atoms with E-state index in [-0.39, 0.29) is 16.8 Å². The number of fused-ring (bicyclic) bond motifs is 3. The molecule has 178 valence electrons. The van der Waals surface area contributed by atoms with Gasteiger partial charge in [0.15, 0.2) is 5.65 Å². The van der Waals surface area contributed by atoms with E-state index in [2.05, 4.69) is 20.5 Å². The Bertz CT molecular complexity index is 1430. The molecule has 4 rings (SSSR count). The summed E-state index contributed by atoms with van der Waals surface area (Å²) in [7, 11) is -3.66. The van der Waals surface area contributed by atoms with Gasteiger partial charge in [0.05, 0.1) is 17.0 Å². The van der Waals surface area contributed by atoms with Crippen LogP contribution in [0.2, 0.25) is 0 Å². The number of aromatic nitrogens is 4. The summed E-state index contributed by atoms with van der Waals surface area (Å²) >= 11 is 0. The summed E-state index contributed by atoms with van der Waals surface area (Å²) in [5.41, 5.74) is 1.66. The minimum Gasteiger partial charge on any atom is -0.492 e. The molecule has 0 radical (unpaired) electrons. The van der Waals surface area contributed by atoms with Gasteiger partial charge < -0.3 is 9.30 Å². The van der Waals surface area contributed by atoms with Gasteiger partial charge in [0.2, 0.25) is 15.9 Å². The minimum absolute atomic E-state index is 0.0732. The number of rotatable bonds is 9. The van der Waals surface area contributed by atoms with Crippen molar-refractivity contribution in [3.05, 3.63) is 48.5 Å². The lowest BCUT2D eigenvalue weighted by molar-refractivity contribution is -0.114. The first kappa shape index (κ1) is 23.6. The second-order valence-corrected chi connectivity index (χ2v) is 9.51. The van der Waals surface area contributed by atoms with Gasteiger partial charge in [-0.1, -0.05) is 32.0 Å². The van der Waals surface area contributed by atoms with Crippen molar-refractivity contribution in [1.82, 2.24) is 24.1 Å². The van der Waals surface area contributed by atoms with Crippen LogP contribution in [0.25, 0.3) is 22.1 Å². The van der Waals surface area contributed by atoms with E-state index in [1.54, 1.807) is 32.0 Å². The highest BCUT2D eigenvalue weighted by molar-refractivity contribution is 7.89. The highest BCUT2D eigenvalue weighted by atomic mass is 32.2. The smallest absolute Gasteiger partial charge is 0.251 e. The van der Waals surface area contributed by atoms with Gasteiger partial charge in [-0.3, -0.25) is 10.1 Å². The van der Waals surface area contributed by atoms with Crippen LogP contribution < -0.4 is 10.1 Å². The SMILES string of the molecule is CCN(CC)S(=O)(=O)c1ccc2c(c1)c1nnc(NC(C)=O)nc1n2CCOc1ccccc1. The second-order valence-electron chi connectivity index (χ2n) is 7.57. The van der Waals surface area contributed by atoms with Crippen LogP contribution in [0.4, 0.5) is 5.95 Å². The molecular weight excluding hydrogens is 456 g/mol. The predicted octanol–water partition coefficient (Wildman–Crippen LogP) is 3.05. The van der Waals surface area contributed by atoms with E-state index >= 15 is 0 Å². The predicted molar refractivity (Wildman–Crippen MR) is 129 cm³/mol. The van der Waals surface area contributed by atoms with Gasteiger partial charge in [-0.2, -0.15) is 9.29 Å². The third kappa shape index (κ3) is 4.57. The Balaban J connectivity index is 1.80. The summed E-state index contributed by atoms with van der Waals surface area (Å²) in [6.07, 6.45) is 0. The van der Waals surface area contributed by atoms with Crippen LogP contribution in [0.1, 0.15) is 20.8 Å². The van der Waals surface area contributed by atoms with E-state index in [1.165, 1.54) is 11.2 Å². The van der Waals surface area contributed by atoms with Crippen molar-refractivity contribution in [3.8, 4) is 5.75 Å². The molecule has 0 spiro atoms. The van der Waals surface area contributed by atoms with Gasteiger partial charge in [0.1, 0.15) is 17.9 Å². The van der Waals surface area contributed by atoms with Crippen molar-refractivity contribution in [2.75, 3.05) is 25.0 Å². The fraction of sp³-hybridized carbons (Fsp3) is 0.304. The van der Waals surface area contributed by atoms with E-state index in [0.717, 1.165) is 11.3 Å². The molecule has 0 aliphatic carbocycles. The number of carbonyl (C=O) groups is 1. The fourth-order valence-electron chi connectivity index (χ4n) is 3.82. The van der Waals surface area contributed by atoms with Gasteiger partial charge in [0.25, 0.3) is 5.95 Å². The maximum Gasteiger partial charge on any atom is 0.251 e. The lowest BCUT2D eigenvalue weighted by Gasteiger charge is -2.18. The number of anilines is 1. The average molecular weight is 483 g/mol. The molecule has 2 aromatic heterocycles. The van der Waals surface area contributed by atoms with Crippen LogP contribution in [-0.2, 0) is 21.4 Å². The first-order chi connectivity index (χ1) is 16.3. The molecule has 0 saturated heterocycles. The van der Waals surface area contributed by atoms with Crippen LogP contribution in [-0.4, -0.2) is 58.1 Å². The Morgan fingerprint density at radius 2 is 1.82 bits per heavy atom. The Hall–Kier alpha value is -3.57. The highest BCUT2D eigenvalue weighted by Gasteiger charge is 2.24. The van der Waals surface area contributed by atoms with Crippen molar-refractivity contribution in [1.29, 1.82) is 0 Å². The van der Waals surface area contributed by atoms with Gasteiger partial charge in [-0.05, 0) is 30.3 Å². The number of nitrogens with zero attached hydrogens (tertiary/aromatic N) is 5. The maximum absolute atomic E-state index is 13.1. The highest BCUT2D eigenvalue weighted by Crippen LogP contribution is 2.30. The number of sulfonamides is 1. The van der Waals surface area contributed by atoms with Crippen molar-refractivity contribution in [3.63, 3.8) is 0 Å². The monoisotopic (exact) mass is 482 g/mol. The third-order valence-corrected chi connectivity index (χ3v) is 7.44. The molecule has 1 N–H and O–H groups in total. The van der Waals surface area contributed by atoms with Crippen molar-refractivity contribution in [2.24, 2.45) is 0 Å². The Labute approximate surface area is 197 Å². The standard InChI is InChI=1S/C23H26N6O4S/c1-4-28(5-2)34(31,32)18-11-12-20-19(15-18)21-22(25-23(27-26-21)24-16(3)30)29(20)13-14-33-17-9-7-6-8-10-17/h6-12,15H,4-5,13-14H2,1-3H3,(H,24,25,27,30). The number of amides is 1. The van der Waals surface area contributed by atoms with E-state index in [9.17, 15) is 13.2 Å². The van der Waals surface area contributed by atoms with E-state index in [0.29, 0.717) is 42.8 Å². The molecular formula is C23H26N6O4S. The Morgan fingerprint density at radius 1 is 1.09 bits per heavy atom. The molecule has 0 unspecified atom stereocenters. The minimum atomic E-state index is -3.66. The number of ether oxygens (including phenoxy) is 1. The average Bonchev–Trinajstić information content (AvgIpc) is 3.12. The molecule has 0 fully saturated rings. The molecule has 1 amide bonds. The molecule has 11 heteroatoms. The molecule has 10 nitrogen and oxygen atoms in total. The zero-order valence-corrected chi connectivity index (χ0v) is 20.0. The lowest BCUT2D eigenvalue weighted by atomic mass is 10.2. The number of para-hydroxylation sites is 1. The first-order valence-corrected chi connectivity index (χ1v) is 12.4. The molecule has 0 aliphatic rings. The quantitative estimate of drug-likeness (QED) is 0.389. The van der Waals surface area contributed by atoms with Crippen molar-refractivity contribution < 1.29 is 17.9 Å². The van der Waals surface area contributed by atoms with Crippen LogP contribution in [0, 0.1) is 0 Å². The molecule has 2 heterocycles. The van der Waals surface area contributed by atoms with Crippen molar-refractivity contribution >= 4 is 43.9 Å². The van der Waals surface area contributed by atoms with Crippen molar-refractivity contribution in [2.45, 2.75) is 32.2 Å². The van der Waals surface area contributed by atoms with Crippen LogP contribution >= 0.6 is 0 Å². The maximum atomic E-state index is 13.1. The molecule has 34 heavy (non-hydrogen) atoms. The van der Waals surface area contributed by atoms with Crippen LogP contribution in [0.3, 0.4) is 0 Å². The summed E-state index contributed by atoms with van der Waals surface area (Å²) in [4.78, 5) is 16.2. The van der Waals surface area contributed by atoms with E-state index in [4.69, 9.17) is 4.74 Å². The molecule has 4 aromatic rings. The summed E-state index contributed by atoms with van der Waals surface area (Å²) in [6.45, 7) is 6.49. The molecule has 0 saturated carbocycles. The van der Waals surface area contributed by atoms with Gasteiger partial charge in [-0.15, -0.1) is 10.2 Å². The number of hydrogen-bond donors (Lipinski definition) is 1. The van der Waals surface area contributed by atoms with Gasteiger partial charge >= 0.3 is 0 Å². The Kier molecular flexibility index (Phi) is 6.75. The summed E-state index contributed by atoms with van der Waals surface area (Å²) in [5.74, 6) is 0.496. The van der Waals surface area contributed by atoms with Crippen LogP contribution in [0.5, 0.6) is 5.75 Å². The largest absolute Gasteiger partial charge is 0.492 e. The molecule has 0 atom stereocenters. The van der Waals surface area contributed by atoms with Gasteiger partial charge in [0, 0.05) is 25.4 Å². The Morgan fingerprint density at radius 3 is 2.50 bits per heavy atom. The zero-order chi connectivity index (χ0) is 24.3. The molecule has 0 aliphatic heterocycles. The van der Waals surface area contributed by atoms with E-state index < -0.39 is 10.0 Å². The lowest BCUT2D eigenvalue weighted by Crippen LogP contribution is -2.30. The molecule has 2 aromatic carbocycles. The number of benzene rings is 2. The summed E-state index contributed by atoms with van der Waals surface area (Å²) in [5, 5.41) is 11.4. The zero-order valence-electron chi connectivity index (χ0n) is 19.2. The molecule has 0 bridgehead atoms. The van der Waals surface area contributed by atoms with E-state index in [1.807, 2.05) is 34.9 Å².